The van der Waals surface area contributed by atoms with E-state index in [0.29, 0.717) is 25.1 Å². The number of carboxylic acid groups (broad SMARTS) is 1. The van der Waals surface area contributed by atoms with Crippen molar-refractivity contribution in [1.82, 2.24) is 4.90 Å². The first-order valence-electron chi connectivity index (χ1n) is 8.52. The van der Waals surface area contributed by atoms with Gasteiger partial charge in [0.2, 0.25) is 6.79 Å². The summed E-state index contributed by atoms with van der Waals surface area (Å²) in [5, 5.41) is 20.5. The van der Waals surface area contributed by atoms with E-state index in [1.165, 1.54) is 17.0 Å². The van der Waals surface area contributed by atoms with E-state index in [1.807, 2.05) is 0 Å². The van der Waals surface area contributed by atoms with E-state index in [-0.39, 0.29) is 23.7 Å². The van der Waals surface area contributed by atoms with E-state index >= 15 is 0 Å². The number of amides is 1. The van der Waals surface area contributed by atoms with Crippen LogP contribution < -0.4 is 9.47 Å². The second kappa shape index (κ2) is 6.68. The highest BCUT2D eigenvalue weighted by atomic mass is 16.7. The molecule has 1 saturated heterocycles. The lowest BCUT2D eigenvalue weighted by Gasteiger charge is -2.31. The molecule has 26 heavy (non-hydrogen) atoms. The van der Waals surface area contributed by atoms with Gasteiger partial charge >= 0.3 is 12.1 Å². The SMILES string of the molecule is CC(C)(C)OC(=O)N1CCC[C@H]1C(O)c1c(C(=O)O)ccc2c1OCO2. The van der Waals surface area contributed by atoms with Crippen LogP contribution in [0.5, 0.6) is 11.5 Å². The number of nitrogens with zero attached hydrogens (tertiary/aromatic N) is 1. The Labute approximate surface area is 151 Å². The van der Waals surface area contributed by atoms with Gasteiger partial charge in [-0.2, -0.15) is 0 Å². The first kappa shape index (κ1) is 18.3. The third-order valence-corrected chi connectivity index (χ3v) is 4.40. The van der Waals surface area contributed by atoms with Crippen molar-refractivity contribution in [3.63, 3.8) is 0 Å². The highest BCUT2D eigenvalue weighted by Crippen LogP contribution is 2.44. The fraction of sp³-hybridized carbons (Fsp3) is 0.556. The lowest BCUT2D eigenvalue weighted by Crippen LogP contribution is -2.42. The van der Waals surface area contributed by atoms with E-state index in [9.17, 15) is 19.8 Å². The predicted octanol–water partition coefficient (Wildman–Crippen LogP) is 2.55. The van der Waals surface area contributed by atoms with Crippen molar-refractivity contribution in [3.8, 4) is 11.5 Å². The van der Waals surface area contributed by atoms with Gasteiger partial charge in [-0.25, -0.2) is 9.59 Å². The maximum Gasteiger partial charge on any atom is 0.410 e. The summed E-state index contributed by atoms with van der Waals surface area (Å²) < 4.78 is 16.1. The van der Waals surface area contributed by atoms with Gasteiger partial charge in [-0.15, -0.1) is 0 Å². The largest absolute Gasteiger partial charge is 0.478 e. The van der Waals surface area contributed by atoms with Crippen LogP contribution in [0.1, 0.15) is 55.6 Å². The van der Waals surface area contributed by atoms with E-state index in [0.717, 1.165) is 0 Å². The molecule has 8 heteroatoms. The number of aliphatic hydroxyl groups excluding tert-OH is 1. The molecule has 8 nitrogen and oxygen atoms in total. The highest BCUT2D eigenvalue weighted by molar-refractivity contribution is 5.91. The number of benzene rings is 1. The van der Waals surface area contributed by atoms with Gasteiger partial charge in [0.25, 0.3) is 0 Å². The Morgan fingerprint density at radius 2 is 2.04 bits per heavy atom. The standard InChI is InChI=1S/C18H23NO7/c1-18(2,3)26-17(23)19-8-4-5-11(19)14(20)13-10(16(21)22)6-7-12-15(13)25-9-24-12/h6-7,11,14,20H,4-5,8-9H2,1-3H3,(H,21,22)/t11-,14?/m0/s1. The lowest BCUT2D eigenvalue weighted by molar-refractivity contribution is 0.00431. The van der Waals surface area contributed by atoms with Crippen LogP contribution in [-0.4, -0.2) is 52.2 Å². The second-order valence-corrected chi connectivity index (χ2v) is 7.39. The average molecular weight is 365 g/mol. The monoisotopic (exact) mass is 365 g/mol. The zero-order valence-corrected chi connectivity index (χ0v) is 15.0. The van der Waals surface area contributed by atoms with Gasteiger partial charge in [-0.3, -0.25) is 0 Å². The van der Waals surface area contributed by atoms with Crippen LogP contribution in [0.25, 0.3) is 0 Å². The number of rotatable bonds is 3. The molecule has 0 radical (unpaired) electrons. The molecule has 0 aromatic heterocycles. The Morgan fingerprint density at radius 3 is 2.69 bits per heavy atom. The van der Waals surface area contributed by atoms with E-state index in [2.05, 4.69) is 0 Å². The third-order valence-electron chi connectivity index (χ3n) is 4.40. The van der Waals surface area contributed by atoms with Crippen molar-refractivity contribution in [2.75, 3.05) is 13.3 Å². The van der Waals surface area contributed by atoms with Gasteiger partial charge in [0.05, 0.1) is 11.6 Å². The molecule has 0 spiro atoms. The number of carboxylic acids is 1. The Balaban J connectivity index is 1.94. The fourth-order valence-electron chi connectivity index (χ4n) is 3.33. The van der Waals surface area contributed by atoms with Crippen molar-refractivity contribution < 1.29 is 34.0 Å². The summed E-state index contributed by atoms with van der Waals surface area (Å²) in [5.74, 6) is -0.585. The van der Waals surface area contributed by atoms with E-state index in [1.54, 1.807) is 20.8 Å². The van der Waals surface area contributed by atoms with Gasteiger partial charge in [-0.05, 0) is 45.7 Å². The molecule has 0 saturated carbocycles. The van der Waals surface area contributed by atoms with Crippen molar-refractivity contribution in [2.45, 2.75) is 51.4 Å². The van der Waals surface area contributed by atoms with Gasteiger partial charge in [0.15, 0.2) is 11.5 Å². The Morgan fingerprint density at radius 1 is 1.31 bits per heavy atom. The maximum atomic E-state index is 12.5. The third kappa shape index (κ3) is 3.41. The zero-order valence-electron chi connectivity index (χ0n) is 15.0. The number of aromatic carboxylic acids is 1. The summed E-state index contributed by atoms with van der Waals surface area (Å²) in [6.07, 6.45) is -0.534. The van der Waals surface area contributed by atoms with Crippen LogP contribution in [0.3, 0.4) is 0 Å². The quantitative estimate of drug-likeness (QED) is 0.848. The van der Waals surface area contributed by atoms with E-state index in [4.69, 9.17) is 14.2 Å². The Bertz CT molecular complexity index is 725. The number of carbonyl (C=O) groups is 2. The molecular weight excluding hydrogens is 342 g/mol. The predicted molar refractivity (Wildman–Crippen MR) is 90.4 cm³/mol. The van der Waals surface area contributed by atoms with Crippen molar-refractivity contribution in [1.29, 1.82) is 0 Å². The van der Waals surface area contributed by atoms with Crippen LogP contribution >= 0.6 is 0 Å². The molecule has 142 valence electrons. The molecule has 2 heterocycles. The Kier molecular flexibility index (Phi) is 4.70. The smallest absolute Gasteiger partial charge is 0.410 e. The van der Waals surface area contributed by atoms with Gasteiger partial charge in [0, 0.05) is 12.1 Å². The Hall–Kier alpha value is -2.48. The van der Waals surface area contributed by atoms with Gasteiger partial charge in [0.1, 0.15) is 11.7 Å². The average Bonchev–Trinajstić information content (AvgIpc) is 3.20. The number of fused-ring (bicyclic) bond motifs is 1. The topological polar surface area (TPSA) is 106 Å². The first-order chi connectivity index (χ1) is 12.2. The van der Waals surface area contributed by atoms with Gasteiger partial charge in [-0.1, -0.05) is 0 Å². The molecule has 2 N–H and O–H groups in total. The van der Waals surface area contributed by atoms with Crippen molar-refractivity contribution in [2.24, 2.45) is 0 Å². The van der Waals surface area contributed by atoms with Crippen LogP contribution in [0, 0.1) is 0 Å². The lowest BCUT2D eigenvalue weighted by atomic mass is 9.94. The molecule has 3 rings (SSSR count). The highest BCUT2D eigenvalue weighted by Gasteiger charge is 2.40. The van der Waals surface area contributed by atoms with Crippen molar-refractivity contribution >= 4 is 12.1 Å². The molecule has 0 aliphatic carbocycles. The molecule has 2 aliphatic rings. The summed E-state index contributed by atoms with van der Waals surface area (Å²) in [4.78, 5) is 25.6. The van der Waals surface area contributed by atoms with Crippen LogP contribution in [0.4, 0.5) is 4.79 Å². The fourth-order valence-corrected chi connectivity index (χ4v) is 3.33. The minimum Gasteiger partial charge on any atom is -0.478 e. The van der Waals surface area contributed by atoms with E-state index < -0.39 is 29.8 Å². The summed E-state index contributed by atoms with van der Waals surface area (Å²) in [6.45, 7) is 5.70. The zero-order chi connectivity index (χ0) is 19.1. The molecule has 1 amide bonds. The molecule has 1 fully saturated rings. The molecule has 1 aromatic rings. The molecule has 1 aromatic carbocycles. The molecule has 2 aliphatic heterocycles. The molecule has 2 atom stereocenters. The first-order valence-corrected chi connectivity index (χ1v) is 8.52. The van der Waals surface area contributed by atoms with Gasteiger partial charge < -0.3 is 29.3 Å². The second-order valence-electron chi connectivity index (χ2n) is 7.39. The molecule has 1 unspecified atom stereocenters. The minimum atomic E-state index is -1.23. The molecule has 0 bridgehead atoms. The summed E-state index contributed by atoms with van der Waals surface area (Å²) in [7, 11) is 0. The normalized spacial score (nSPS) is 20.2. The van der Waals surface area contributed by atoms with Crippen molar-refractivity contribution in [3.05, 3.63) is 23.3 Å². The maximum absolute atomic E-state index is 12.5. The summed E-state index contributed by atoms with van der Waals surface area (Å²) in [5.41, 5.74) is -0.599. The van der Waals surface area contributed by atoms with Crippen LogP contribution in [0.15, 0.2) is 12.1 Å². The number of likely N-dealkylation sites (tertiary alicyclic amines) is 1. The molecular formula is C18H23NO7. The number of ether oxygens (including phenoxy) is 3. The summed E-state index contributed by atoms with van der Waals surface area (Å²) in [6, 6.07) is 2.28. The number of hydrogen-bond acceptors (Lipinski definition) is 6. The number of carbonyl (C=O) groups excluding carboxylic acids is 1. The van der Waals surface area contributed by atoms with Crippen LogP contribution in [-0.2, 0) is 4.74 Å². The number of aliphatic hydroxyl groups is 1. The summed E-state index contributed by atoms with van der Waals surface area (Å²) >= 11 is 0. The minimum absolute atomic E-state index is 0.0431. The number of hydrogen-bond donors (Lipinski definition) is 2. The van der Waals surface area contributed by atoms with Crippen LogP contribution in [0.2, 0.25) is 0 Å².